The largest absolute Gasteiger partial charge is 0.494 e. The molecule has 1 N–H and O–H groups in total. The van der Waals surface area contributed by atoms with Crippen LogP contribution in [-0.4, -0.2) is 34.0 Å². The lowest BCUT2D eigenvalue weighted by Crippen LogP contribution is -2.26. The van der Waals surface area contributed by atoms with Crippen LogP contribution in [0.15, 0.2) is 53.4 Å². The predicted octanol–water partition coefficient (Wildman–Crippen LogP) is 2.70. The standard InChI is InChI=1S/C19H21FN2O4S/c20-15-4-8-17(9-5-15)26-14-2-12-21-27(24,25)18-10-6-16(7-11-18)22-13-1-3-19(22)23/h4-11,21H,1-3,12-14H2. The molecule has 0 bridgehead atoms. The average molecular weight is 392 g/mol. The molecule has 0 unspecified atom stereocenters. The van der Waals surface area contributed by atoms with Crippen molar-refractivity contribution >= 4 is 21.6 Å². The first-order chi connectivity index (χ1) is 13.0. The number of hydrogen-bond donors (Lipinski definition) is 1. The third kappa shape index (κ3) is 5.05. The Balaban J connectivity index is 1.47. The van der Waals surface area contributed by atoms with Gasteiger partial charge < -0.3 is 9.64 Å². The molecule has 1 amide bonds. The second-order valence-electron chi connectivity index (χ2n) is 6.20. The lowest BCUT2D eigenvalue weighted by molar-refractivity contribution is -0.117. The van der Waals surface area contributed by atoms with E-state index in [1.807, 2.05) is 0 Å². The van der Waals surface area contributed by atoms with E-state index >= 15 is 0 Å². The Bertz CT molecular complexity index is 883. The first-order valence-corrected chi connectivity index (χ1v) is 10.2. The van der Waals surface area contributed by atoms with Crippen molar-refractivity contribution in [3.63, 3.8) is 0 Å². The highest BCUT2D eigenvalue weighted by molar-refractivity contribution is 7.89. The lowest BCUT2D eigenvalue weighted by Gasteiger charge is -2.16. The Kier molecular flexibility index (Phi) is 6.08. The molecule has 27 heavy (non-hydrogen) atoms. The van der Waals surface area contributed by atoms with Crippen LogP contribution in [0.5, 0.6) is 5.75 Å². The number of anilines is 1. The quantitative estimate of drug-likeness (QED) is 0.701. The minimum absolute atomic E-state index is 0.0601. The van der Waals surface area contributed by atoms with Crippen molar-refractivity contribution in [2.75, 3.05) is 24.6 Å². The van der Waals surface area contributed by atoms with Gasteiger partial charge in [0.15, 0.2) is 0 Å². The van der Waals surface area contributed by atoms with Crippen LogP contribution in [0.1, 0.15) is 19.3 Å². The van der Waals surface area contributed by atoms with Crippen molar-refractivity contribution in [2.24, 2.45) is 0 Å². The van der Waals surface area contributed by atoms with Gasteiger partial charge in [-0.2, -0.15) is 0 Å². The van der Waals surface area contributed by atoms with Gasteiger partial charge in [-0.15, -0.1) is 0 Å². The maximum Gasteiger partial charge on any atom is 0.240 e. The van der Waals surface area contributed by atoms with E-state index in [2.05, 4.69) is 4.72 Å². The van der Waals surface area contributed by atoms with Crippen molar-refractivity contribution < 1.29 is 22.3 Å². The van der Waals surface area contributed by atoms with Gasteiger partial charge in [0.05, 0.1) is 11.5 Å². The van der Waals surface area contributed by atoms with E-state index < -0.39 is 10.0 Å². The summed E-state index contributed by atoms with van der Waals surface area (Å²) in [5, 5.41) is 0. The molecule has 0 aromatic heterocycles. The number of amides is 1. The Hall–Kier alpha value is -2.45. The summed E-state index contributed by atoms with van der Waals surface area (Å²) in [4.78, 5) is 13.6. The Morgan fingerprint density at radius 3 is 2.41 bits per heavy atom. The summed E-state index contributed by atoms with van der Waals surface area (Å²) in [5.41, 5.74) is 0.712. The van der Waals surface area contributed by atoms with Crippen molar-refractivity contribution in [1.29, 1.82) is 0 Å². The normalized spacial score (nSPS) is 14.6. The number of nitrogens with zero attached hydrogens (tertiary/aromatic N) is 1. The molecular weight excluding hydrogens is 371 g/mol. The lowest BCUT2D eigenvalue weighted by atomic mass is 10.3. The van der Waals surface area contributed by atoms with Gasteiger partial charge in [0.2, 0.25) is 15.9 Å². The van der Waals surface area contributed by atoms with Crippen LogP contribution in [0.4, 0.5) is 10.1 Å². The molecule has 2 aromatic rings. The van der Waals surface area contributed by atoms with Crippen molar-refractivity contribution in [1.82, 2.24) is 4.72 Å². The molecule has 1 aliphatic heterocycles. The third-order valence-corrected chi connectivity index (χ3v) is 5.70. The van der Waals surface area contributed by atoms with Crippen LogP contribution in [0.2, 0.25) is 0 Å². The molecule has 0 atom stereocenters. The van der Waals surface area contributed by atoms with Gasteiger partial charge >= 0.3 is 0 Å². The minimum atomic E-state index is -3.62. The number of nitrogens with one attached hydrogen (secondary N) is 1. The second-order valence-corrected chi connectivity index (χ2v) is 7.96. The molecule has 6 nitrogen and oxygen atoms in total. The molecule has 144 valence electrons. The molecule has 1 aliphatic rings. The van der Waals surface area contributed by atoms with Crippen LogP contribution in [0.25, 0.3) is 0 Å². The van der Waals surface area contributed by atoms with Gasteiger partial charge in [0.25, 0.3) is 0 Å². The molecule has 2 aromatic carbocycles. The van der Waals surface area contributed by atoms with E-state index in [0.717, 1.165) is 6.42 Å². The smallest absolute Gasteiger partial charge is 0.240 e. The predicted molar refractivity (Wildman–Crippen MR) is 99.7 cm³/mol. The van der Waals surface area contributed by atoms with Crippen molar-refractivity contribution in [3.8, 4) is 5.75 Å². The summed E-state index contributed by atoms with van der Waals surface area (Å²) in [6.07, 6.45) is 1.82. The zero-order valence-corrected chi connectivity index (χ0v) is 15.5. The molecule has 8 heteroatoms. The second kappa shape index (κ2) is 8.49. The molecule has 1 fully saturated rings. The van der Waals surface area contributed by atoms with E-state index in [9.17, 15) is 17.6 Å². The first kappa shape index (κ1) is 19.3. The SMILES string of the molecule is O=C1CCCN1c1ccc(S(=O)(=O)NCCCOc2ccc(F)cc2)cc1. The number of carbonyl (C=O) groups excluding carboxylic acids is 1. The van der Waals surface area contributed by atoms with Crippen molar-refractivity contribution in [2.45, 2.75) is 24.2 Å². The van der Waals surface area contributed by atoms with Gasteiger partial charge in [-0.05, 0) is 61.4 Å². The fourth-order valence-corrected chi connectivity index (χ4v) is 3.88. The summed E-state index contributed by atoms with van der Waals surface area (Å²) < 4.78 is 45.4. The third-order valence-electron chi connectivity index (χ3n) is 4.23. The fourth-order valence-electron chi connectivity index (χ4n) is 2.81. The topological polar surface area (TPSA) is 75.7 Å². The molecule has 0 aliphatic carbocycles. The molecule has 0 saturated carbocycles. The molecule has 1 saturated heterocycles. The van der Waals surface area contributed by atoms with Crippen LogP contribution in [-0.2, 0) is 14.8 Å². The van der Waals surface area contributed by atoms with Gasteiger partial charge in [-0.25, -0.2) is 17.5 Å². The van der Waals surface area contributed by atoms with Gasteiger partial charge in [-0.1, -0.05) is 0 Å². The Labute approximate surface area is 158 Å². The highest BCUT2D eigenvalue weighted by atomic mass is 32.2. The van der Waals surface area contributed by atoms with Crippen LogP contribution in [0, 0.1) is 5.82 Å². The number of halogens is 1. The summed E-state index contributed by atoms with van der Waals surface area (Å²) in [6, 6.07) is 11.9. The minimum Gasteiger partial charge on any atom is -0.494 e. The summed E-state index contributed by atoms with van der Waals surface area (Å²) in [7, 11) is -3.62. The maximum atomic E-state index is 12.8. The molecule has 1 heterocycles. The molecule has 0 spiro atoms. The summed E-state index contributed by atoms with van der Waals surface area (Å²) in [5.74, 6) is 0.256. The van der Waals surface area contributed by atoms with Crippen LogP contribution in [0.3, 0.4) is 0 Å². The summed E-state index contributed by atoms with van der Waals surface area (Å²) >= 11 is 0. The number of carbonyl (C=O) groups is 1. The van der Waals surface area contributed by atoms with Gasteiger partial charge in [-0.3, -0.25) is 4.79 Å². The first-order valence-electron chi connectivity index (χ1n) is 8.74. The van der Waals surface area contributed by atoms with E-state index in [4.69, 9.17) is 4.74 Å². The number of sulfonamides is 1. The van der Waals surface area contributed by atoms with E-state index in [1.54, 1.807) is 17.0 Å². The highest BCUT2D eigenvalue weighted by Gasteiger charge is 2.22. The molecule has 3 rings (SSSR count). The number of benzene rings is 2. The van der Waals surface area contributed by atoms with E-state index in [0.29, 0.717) is 37.4 Å². The highest BCUT2D eigenvalue weighted by Crippen LogP contribution is 2.22. The van der Waals surface area contributed by atoms with Crippen molar-refractivity contribution in [3.05, 3.63) is 54.3 Å². The number of rotatable bonds is 8. The Morgan fingerprint density at radius 1 is 1.07 bits per heavy atom. The van der Waals surface area contributed by atoms with Crippen LogP contribution >= 0.6 is 0 Å². The van der Waals surface area contributed by atoms with E-state index in [1.165, 1.54) is 36.4 Å². The molecular formula is C19H21FN2O4S. The number of ether oxygens (including phenoxy) is 1. The Morgan fingerprint density at radius 2 is 1.78 bits per heavy atom. The fraction of sp³-hybridized carbons (Fsp3) is 0.316. The van der Waals surface area contributed by atoms with Crippen LogP contribution < -0.4 is 14.4 Å². The summed E-state index contributed by atoms with van der Waals surface area (Å²) in [6.45, 7) is 1.19. The number of hydrogen-bond acceptors (Lipinski definition) is 4. The van der Waals surface area contributed by atoms with Gasteiger partial charge in [0.1, 0.15) is 11.6 Å². The maximum absolute atomic E-state index is 12.8. The van der Waals surface area contributed by atoms with E-state index in [-0.39, 0.29) is 23.2 Å². The average Bonchev–Trinajstić information content (AvgIpc) is 3.09. The zero-order valence-electron chi connectivity index (χ0n) is 14.7. The monoisotopic (exact) mass is 392 g/mol. The zero-order chi connectivity index (χ0) is 19.3. The van der Waals surface area contributed by atoms with Gasteiger partial charge in [0, 0.05) is 25.2 Å². The molecule has 0 radical (unpaired) electrons.